The summed E-state index contributed by atoms with van der Waals surface area (Å²) >= 11 is 0. The fourth-order valence-electron chi connectivity index (χ4n) is 3.59. The van der Waals surface area contributed by atoms with Gasteiger partial charge in [0.15, 0.2) is 11.5 Å². The van der Waals surface area contributed by atoms with Crippen LogP contribution in [0.25, 0.3) is 6.08 Å². The maximum atomic E-state index is 13.5. The number of amides is 1. The quantitative estimate of drug-likeness (QED) is 0.213. The van der Waals surface area contributed by atoms with Gasteiger partial charge in [0.05, 0.1) is 31.4 Å². The molecule has 0 unspecified atom stereocenters. The summed E-state index contributed by atoms with van der Waals surface area (Å²) in [5.41, 5.74) is 1.77. The van der Waals surface area contributed by atoms with Crippen molar-refractivity contribution in [1.29, 1.82) is 0 Å². The normalized spacial score (nSPS) is 11.4. The number of sulfonamides is 1. The first kappa shape index (κ1) is 27.8. The number of hydrogen-bond acceptors (Lipinski definition) is 6. The van der Waals surface area contributed by atoms with Crippen LogP contribution in [0.2, 0.25) is 0 Å². The molecular weight excluding hydrogens is 490 g/mol. The number of rotatable bonds is 12. The Morgan fingerprint density at radius 2 is 1.59 bits per heavy atom. The molecule has 0 aromatic heterocycles. The van der Waals surface area contributed by atoms with Crippen molar-refractivity contribution >= 4 is 27.7 Å². The van der Waals surface area contributed by atoms with Gasteiger partial charge in [-0.1, -0.05) is 43.5 Å². The third kappa shape index (κ3) is 7.13. The maximum absolute atomic E-state index is 13.5. The van der Waals surface area contributed by atoms with Gasteiger partial charge in [-0.25, -0.2) is 8.42 Å². The van der Waals surface area contributed by atoms with Crippen LogP contribution in [0.4, 0.5) is 5.69 Å². The number of unbranched alkanes of at least 4 members (excludes halogenated alkanes) is 2. The van der Waals surface area contributed by atoms with Gasteiger partial charge in [0.25, 0.3) is 15.9 Å². The van der Waals surface area contributed by atoms with Crippen LogP contribution in [0.3, 0.4) is 0 Å². The molecule has 0 aliphatic rings. The van der Waals surface area contributed by atoms with Crippen LogP contribution < -0.4 is 18.5 Å². The lowest BCUT2D eigenvalue weighted by Crippen LogP contribution is -2.35. The first-order valence-electron chi connectivity index (χ1n) is 12.1. The second-order valence-electron chi connectivity index (χ2n) is 8.42. The number of ether oxygens (including phenoxy) is 3. The van der Waals surface area contributed by atoms with E-state index in [1.807, 2.05) is 6.92 Å². The molecule has 0 fully saturated rings. The van der Waals surface area contributed by atoms with Crippen LogP contribution in [-0.4, -0.2) is 35.2 Å². The average Bonchev–Trinajstić information content (AvgIpc) is 2.91. The predicted molar refractivity (Wildman–Crippen MR) is 146 cm³/mol. The van der Waals surface area contributed by atoms with E-state index in [2.05, 4.69) is 6.92 Å². The lowest BCUT2D eigenvalue weighted by molar-refractivity contribution is -0.113. The van der Waals surface area contributed by atoms with Crippen molar-refractivity contribution in [3.63, 3.8) is 0 Å². The van der Waals surface area contributed by atoms with Gasteiger partial charge < -0.3 is 14.2 Å². The molecule has 0 atom stereocenters. The third-order valence-corrected chi connectivity index (χ3v) is 7.42. The second-order valence-corrected chi connectivity index (χ2v) is 10.2. The molecular formula is C29H33NO6S. The van der Waals surface area contributed by atoms with E-state index in [0.717, 1.165) is 29.1 Å². The SMILES string of the molecule is CCCCCOc1ccc(/C=C/C(=O)N(c2ccc(OC)cc2)S(=O)(=O)c2ccc(C)cc2)cc1OC. The van der Waals surface area contributed by atoms with Gasteiger partial charge in [-0.2, -0.15) is 4.31 Å². The van der Waals surface area contributed by atoms with Gasteiger partial charge in [-0.15, -0.1) is 0 Å². The van der Waals surface area contributed by atoms with Crippen LogP contribution in [0, 0.1) is 6.92 Å². The highest BCUT2D eigenvalue weighted by molar-refractivity contribution is 7.93. The third-order valence-electron chi connectivity index (χ3n) is 5.68. The van der Waals surface area contributed by atoms with E-state index in [0.29, 0.717) is 29.4 Å². The molecule has 0 radical (unpaired) electrons. The molecule has 0 bridgehead atoms. The van der Waals surface area contributed by atoms with Crippen molar-refractivity contribution in [3.05, 3.63) is 83.9 Å². The van der Waals surface area contributed by atoms with Gasteiger partial charge >= 0.3 is 0 Å². The molecule has 196 valence electrons. The summed E-state index contributed by atoms with van der Waals surface area (Å²) in [6.45, 7) is 4.58. The van der Waals surface area contributed by atoms with Gasteiger partial charge in [-0.3, -0.25) is 4.79 Å². The number of anilines is 1. The van der Waals surface area contributed by atoms with Crippen LogP contribution in [0.15, 0.2) is 77.7 Å². The topological polar surface area (TPSA) is 82.1 Å². The van der Waals surface area contributed by atoms with Crippen LogP contribution in [0.5, 0.6) is 17.2 Å². The lowest BCUT2D eigenvalue weighted by atomic mass is 10.2. The summed E-state index contributed by atoms with van der Waals surface area (Å²) < 4.78 is 44.3. The summed E-state index contributed by atoms with van der Waals surface area (Å²) in [7, 11) is -1.12. The highest BCUT2D eigenvalue weighted by Gasteiger charge is 2.29. The molecule has 0 aliphatic heterocycles. The fraction of sp³-hybridized carbons (Fsp3) is 0.276. The summed E-state index contributed by atoms with van der Waals surface area (Å²) in [4.78, 5) is 13.4. The predicted octanol–water partition coefficient (Wildman–Crippen LogP) is 6.02. The van der Waals surface area contributed by atoms with Crippen LogP contribution >= 0.6 is 0 Å². The Balaban J connectivity index is 1.91. The number of carbonyl (C=O) groups is 1. The Morgan fingerprint density at radius 3 is 2.22 bits per heavy atom. The summed E-state index contributed by atoms with van der Waals surface area (Å²) in [6, 6.07) is 17.9. The molecule has 8 heteroatoms. The van der Waals surface area contributed by atoms with Crippen molar-refractivity contribution < 1.29 is 27.4 Å². The molecule has 0 saturated heterocycles. The molecule has 3 rings (SSSR count). The van der Waals surface area contributed by atoms with Gasteiger partial charge in [-0.05, 0) is 73.5 Å². The molecule has 3 aromatic carbocycles. The highest BCUT2D eigenvalue weighted by atomic mass is 32.2. The zero-order valence-corrected chi connectivity index (χ0v) is 22.5. The summed E-state index contributed by atoms with van der Waals surface area (Å²) in [5, 5.41) is 0. The Labute approximate surface area is 219 Å². The monoisotopic (exact) mass is 523 g/mol. The number of hydrogen-bond donors (Lipinski definition) is 0. The Kier molecular flexibility index (Phi) is 9.74. The van der Waals surface area contributed by atoms with E-state index in [1.165, 1.54) is 37.5 Å². The van der Waals surface area contributed by atoms with E-state index in [1.54, 1.807) is 55.7 Å². The Bertz CT molecular complexity index is 1320. The Hall–Kier alpha value is -3.78. The molecule has 0 N–H and O–H groups in total. The second kappa shape index (κ2) is 13.0. The zero-order chi connectivity index (χ0) is 26.8. The van der Waals surface area contributed by atoms with Crippen LogP contribution in [0.1, 0.15) is 37.3 Å². The molecule has 3 aromatic rings. The van der Waals surface area contributed by atoms with E-state index < -0.39 is 15.9 Å². The fourth-order valence-corrected chi connectivity index (χ4v) is 4.98. The maximum Gasteiger partial charge on any atom is 0.271 e. The lowest BCUT2D eigenvalue weighted by Gasteiger charge is -2.21. The van der Waals surface area contributed by atoms with Gasteiger partial charge in [0, 0.05) is 6.08 Å². The molecule has 0 saturated carbocycles. The molecule has 0 aliphatic carbocycles. The molecule has 1 amide bonds. The standard InChI is InChI=1S/C29H33NO6S/c1-5-6-7-20-36-27-18-10-23(21-28(27)35-4)11-19-29(31)30(24-12-14-25(34-3)15-13-24)37(32,33)26-16-8-22(2)9-17-26/h8-19,21H,5-7,20H2,1-4H3/b19-11+. The summed E-state index contributed by atoms with van der Waals surface area (Å²) in [5.74, 6) is 0.974. The van der Waals surface area contributed by atoms with E-state index >= 15 is 0 Å². The minimum atomic E-state index is -4.18. The molecule has 0 spiro atoms. The Morgan fingerprint density at radius 1 is 0.892 bits per heavy atom. The van der Waals surface area contributed by atoms with Crippen molar-refractivity contribution in [1.82, 2.24) is 0 Å². The number of aryl methyl sites for hydroxylation is 1. The minimum Gasteiger partial charge on any atom is -0.497 e. The molecule has 0 heterocycles. The average molecular weight is 524 g/mol. The summed E-state index contributed by atoms with van der Waals surface area (Å²) in [6.07, 6.45) is 5.92. The van der Waals surface area contributed by atoms with Crippen LogP contribution in [-0.2, 0) is 14.8 Å². The van der Waals surface area contributed by atoms with Crippen molar-refractivity contribution in [2.24, 2.45) is 0 Å². The van der Waals surface area contributed by atoms with E-state index in [9.17, 15) is 13.2 Å². The first-order valence-corrected chi connectivity index (χ1v) is 13.5. The van der Waals surface area contributed by atoms with E-state index in [4.69, 9.17) is 14.2 Å². The molecule has 7 nitrogen and oxygen atoms in total. The zero-order valence-electron chi connectivity index (χ0n) is 21.6. The van der Waals surface area contributed by atoms with Gasteiger partial charge in [0.2, 0.25) is 0 Å². The van der Waals surface area contributed by atoms with Crippen molar-refractivity contribution in [3.8, 4) is 17.2 Å². The van der Waals surface area contributed by atoms with Gasteiger partial charge in [0.1, 0.15) is 5.75 Å². The minimum absolute atomic E-state index is 0.0157. The molecule has 37 heavy (non-hydrogen) atoms. The largest absolute Gasteiger partial charge is 0.497 e. The van der Waals surface area contributed by atoms with Crippen molar-refractivity contribution in [2.45, 2.75) is 38.0 Å². The smallest absolute Gasteiger partial charge is 0.271 e. The number of benzene rings is 3. The first-order chi connectivity index (χ1) is 17.8. The van der Waals surface area contributed by atoms with E-state index in [-0.39, 0.29) is 10.6 Å². The highest BCUT2D eigenvalue weighted by Crippen LogP contribution is 2.30. The number of carbonyl (C=O) groups excluding carboxylic acids is 1. The van der Waals surface area contributed by atoms with Crippen molar-refractivity contribution in [2.75, 3.05) is 25.1 Å². The number of methoxy groups -OCH3 is 2. The number of nitrogens with zero attached hydrogens (tertiary/aromatic N) is 1.